The van der Waals surface area contributed by atoms with Crippen molar-refractivity contribution in [1.82, 2.24) is 9.88 Å². The second-order valence-electron chi connectivity index (χ2n) is 7.03. The Hall–Kier alpha value is -3.94. The molecule has 158 valence electrons. The van der Waals surface area contributed by atoms with E-state index in [1.54, 1.807) is 48.8 Å². The van der Waals surface area contributed by atoms with Crippen molar-refractivity contribution in [1.29, 1.82) is 0 Å². The summed E-state index contributed by atoms with van der Waals surface area (Å²) in [5, 5.41) is 0. The second kappa shape index (κ2) is 8.43. The summed E-state index contributed by atoms with van der Waals surface area (Å²) in [6, 6.07) is 10.7. The van der Waals surface area contributed by atoms with Crippen molar-refractivity contribution >= 4 is 17.5 Å². The molecule has 1 aliphatic heterocycles. The number of Topliss-reactive ketones (excluding diaryl/α,β-unsaturated/α-hetero) is 2. The molecule has 1 aromatic carbocycles. The lowest BCUT2D eigenvalue weighted by atomic mass is 9.87. The van der Waals surface area contributed by atoms with Crippen LogP contribution in [0.4, 0.5) is 0 Å². The Morgan fingerprint density at radius 2 is 1.97 bits per heavy atom. The Bertz CT molecular complexity index is 1110. The fourth-order valence-electron chi connectivity index (χ4n) is 3.84. The highest BCUT2D eigenvalue weighted by Gasteiger charge is 2.53. The maximum absolute atomic E-state index is 13.2. The molecule has 0 spiro atoms. The number of hydrogen-bond donors (Lipinski definition) is 0. The van der Waals surface area contributed by atoms with Gasteiger partial charge < -0.3 is 18.8 Å². The highest BCUT2D eigenvalue weighted by molar-refractivity contribution is 6.43. The molecular weight excluding hydrogens is 400 g/mol. The van der Waals surface area contributed by atoms with Crippen molar-refractivity contribution in [2.24, 2.45) is 5.92 Å². The molecule has 3 aromatic rings. The first-order valence-corrected chi connectivity index (χ1v) is 9.58. The van der Waals surface area contributed by atoms with E-state index >= 15 is 0 Å². The largest absolute Gasteiger partial charge is 0.497 e. The standard InChI is InChI=1S/C23H20N2O6/c1-29-15-7-8-17(30-2)16(11-15)20-19(21(26)18-6-4-10-31-18)22(27)23(28)25(20)13-14-5-3-9-24-12-14/h3-12,19-20H,13H2,1-2H3. The van der Waals surface area contributed by atoms with Gasteiger partial charge >= 0.3 is 0 Å². The van der Waals surface area contributed by atoms with E-state index in [-0.39, 0.29) is 12.3 Å². The van der Waals surface area contributed by atoms with Gasteiger partial charge in [-0.2, -0.15) is 0 Å². The summed E-state index contributed by atoms with van der Waals surface area (Å²) in [5.74, 6) is -2.43. The van der Waals surface area contributed by atoms with E-state index in [1.165, 1.54) is 31.4 Å². The summed E-state index contributed by atoms with van der Waals surface area (Å²) < 4.78 is 16.1. The van der Waals surface area contributed by atoms with Crippen LogP contribution in [0.25, 0.3) is 0 Å². The lowest BCUT2D eigenvalue weighted by molar-refractivity contribution is -0.141. The number of benzene rings is 1. The van der Waals surface area contributed by atoms with Crippen LogP contribution in [0, 0.1) is 5.92 Å². The zero-order chi connectivity index (χ0) is 22.0. The number of likely N-dealkylation sites (tertiary alicyclic amines) is 1. The monoisotopic (exact) mass is 420 g/mol. The SMILES string of the molecule is COc1ccc(OC)c(C2C(C(=O)c3ccco3)C(=O)C(=O)N2Cc2cccnc2)c1. The van der Waals surface area contributed by atoms with Crippen molar-refractivity contribution < 1.29 is 28.3 Å². The first kappa shape index (κ1) is 20.3. The van der Waals surface area contributed by atoms with Crippen LogP contribution in [0.15, 0.2) is 65.5 Å². The van der Waals surface area contributed by atoms with Crippen molar-refractivity contribution in [3.8, 4) is 11.5 Å². The summed E-state index contributed by atoms with van der Waals surface area (Å²) in [5.41, 5.74) is 1.22. The normalized spacial score (nSPS) is 18.3. The summed E-state index contributed by atoms with van der Waals surface area (Å²) in [4.78, 5) is 44.7. The van der Waals surface area contributed by atoms with Gasteiger partial charge in [0.15, 0.2) is 5.76 Å². The molecule has 1 aliphatic rings. The van der Waals surface area contributed by atoms with Gasteiger partial charge in [0.1, 0.15) is 17.4 Å². The number of amides is 1. The van der Waals surface area contributed by atoms with E-state index in [2.05, 4.69) is 4.98 Å². The molecule has 31 heavy (non-hydrogen) atoms. The minimum Gasteiger partial charge on any atom is -0.497 e. The quantitative estimate of drug-likeness (QED) is 0.329. The first-order valence-electron chi connectivity index (χ1n) is 9.58. The van der Waals surface area contributed by atoms with E-state index in [1.807, 2.05) is 0 Å². The molecule has 4 rings (SSSR count). The van der Waals surface area contributed by atoms with Crippen LogP contribution >= 0.6 is 0 Å². The zero-order valence-electron chi connectivity index (χ0n) is 17.0. The Labute approximate surface area is 178 Å². The van der Waals surface area contributed by atoms with Gasteiger partial charge in [0.25, 0.3) is 5.91 Å². The molecule has 2 aromatic heterocycles. The van der Waals surface area contributed by atoms with Crippen molar-refractivity contribution in [2.75, 3.05) is 14.2 Å². The van der Waals surface area contributed by atoms with Gasteiger partial charge in [-0.1, -0.05) is 6.07 Å². The Morgan fingerprint density at radius 1 is 1.13 bits per heavy atom. The van der Waals surface area contributed by atoms with E-state index in [0.29, 0.717) is 17.1 Å². The number of aromatic nitrogens is 1. The van der Waals surface area contributed by atoms with Crippen LogP contribution in [-0.2, 0) is 16.1 Å². The van der Waals surface area contributed by atoms with Gasteiger partial charge in [0.2, 0.25) is 11.6 Å². The molecule has 8 nitrogen and oxygen atoms in total. The molecule has 0 N–H and O–H groups in total. The average molecular weight is 420 g/mol. The van der Waals surface area contributed by atoms with Crippen molar-refractivity contribution in [3.63, 3.8) is 0 Å². The molecule has 0 radical (unpaired) electrons. The van der Waals surface area contributed by atoms with Gasteiger partial charge in [0, 0.05) is 24.5 Å². The number of rotatable bonds is 7. The minimum absolute atomic E-state index is 0.0150. The van der Waals surface area contributed by atoms with E-state index < -0.39 is 29.4 Å². The third kappa shape index (κ3) is 3.68. The Morgan fingerprint density at radius 3 is 2.61 bits per heavy atom. The number of methoxy groups -OCH3 is 2. The fourth-order valence-corrected chi connectivity index (χ4v) is 3.84. The molecule has 2 atom stereocenters. The number of carbonyl (C=O) groups is 3. The van der Waals surface area contributed by atoms with Gasteiger partial charge in [-0.05, 0) is 42.0 Å². The fraction of sp³-hybridized carbons (Fsp3) is 0.217. The average Bonchev–Trinajstić information content (AvgIpc) is 3.42. The van der Waals surface area contributed by atoms with Crippen LogP contribution in [0.5, 0.6) is 11.5 Å². The smallest absolute Gasteiger partial charge is 0.291 e. The van der Waals surface area contributed by atoms with Crippen molar-refractivity contribution in [3.05, 3.63) is 78.0 Å². The van der Waals surface area contributed by atoms with Gasteiger partial charge in [-0.25, -0.2) is 0 Å². The van der Waals surface area contributed by atoms with E-state index in [9.17, 15) is 14.4 Å². The molecule has 0 bridgehead atoms. The number of nitrogens with zero attached hydrogens (tertiary/aromatic N) is 2. The maximum atomic E-state index is 13.2. The van der Waals surface area contributed by atoms with Crippen LogP contribution in [0.3, 0.4) is 0 Å². The summed E-state index contributed by atoms with van der Waals surface area (Å²) >= 11 is 0. The number of carbonyl (C=O) groups excluding carboxylic acids is 3. The van der Waals surface area contributed by atoms with Crippen LogP contribution in [0.1, 0.15) is 27.7 Å². The Kier molecular flexibility index (Phi) is 5.53. The van der Waals surface area contributed by atoms with E-state index in [4.69, 9.17) is 13.9 Å². The molecular formula is C23H20N2O6. The number of ketones is 2. The molecule has 1 saturated heterocycles. The summed E-state index contributed by atoms with van der Waals surface area (Å²) in [6.45, 7) is 0.103. The highest BCUT2D eigenvalue weighted by atomic mass is 16.5. The first-order chi connectivity index (χ1) is 15.0. The number of hydrogen-bond acceptors (Lipinski definition) is 7. The highest BCUT2D eigenvalue weighted by Crippen LogP contribution is 2.43. The molecule has 1 amide bonds. The molecule has 3 heterocycles. The lowest BCUT2D eigenvalue weighted by Crippen LogP contribution is -2.30. The maximum Gasteiger partial charge on any atom is 0.291 e. The van der Waals surface area contributed by atoms with Crippen LogP contribution in [0.2, 0.25) is 0 Å². The molecule has 2 unspecified atom stereocenters. The molecule has 0 aliphatic carbocycles. The van der Waals surface area contributed by atoms with Crippen LogP contribution in [-0.4, -0.2) is 41.6 Å². The third-order valence-corrected chi connectivity index (χ3v) is 5.28. The summed E-state index contributed by atoms with van der Waals surface area (Å²) in [6.07, 6.45) is 4.58. The lowest BCUT2D eigenvalue weighted by Gasteiger charge is -2.28. The number of ether oxygens (including phenoxy) is 2. The zero-order valence-corrected chi connectivity index (χ0v) is 17.0. The molecule has 8 heteroatoms. The second-order valence-corrected chi connectivity index (χ2v) is 7.03. The van der Waals surface area contributed by atoms with Gasteiger partial charge in [-0.3, -0.25) is 19.4 Å². The van der Waals surface area contributed by atoms with E-state index in [0.717, 1.165) is 5.56 Å². The van der Waals surface area contributed by atoms with Crippen molar-refractivity contribution in [2.45, 2.75) is 12.6 Å². The minimum atomic E-state index is -1.28. The molecule has 1 fully saturated rings. The predicted molar refractivity (Wildman–Crippen MR) is 109 cm³/mol. The number of pyridine rings is 1. The predicted octanol–water partition coefficient (Wildman–Crippen LogP) is 2.84. The van der Waals surface area contributed by atoms with Gasteiger partial charge in [-0.15, -0.1) is 0 Å². The van der Waals surface area contributed by atoms with Crippen LogP contribution < -0.4 is 9.47 Å². The Balaban J connectivity index is 1.86. The van der Waals surface area contributed by atoms with Gasteiger partial charge in [0.05, 0.1) is 26.5 Å². The summed E-state index contributed by atoms with van der Waals surface area (Å²) in [7, 11) is 2.99. The third-order valence-electron chi connectivity index (χ3n) is 5.28. The topological polar surface area (TPSA) is 98.9 Å². The molecule has 0 saturated carbocycles. The number of furan rings is 1.